The van der Waals surface area contributed by atoms with Gasteiger partial charge in [0.25, 0.3) is 10.0 Å². The number of amides is 2. The van der Waals surface area contributed by atoms with Gasteiger partial charge in [-0.2, -0.15) is 0 Å². The van der Waals surface area contributed by atoms with Crippen molar-refractivity contribution in [1.29, 1.82) is 0 Å². The van der Waals surface area contributed by atoms with Gasteiger partial charge in [0.2, 0.25) is 11.8 Å². The lowest BCUT2D eigenvalue weighted by atomic mass is 10.1. The summed E-state index contributed by atoms with van der Waals surface area (Å²) in [6.45, 7) is 11.6. The molecule has 42 heavy (non-hydrogen) atoms. The molecule has 0 aliphatic heterocycles. The van der Waals surface area contributed by atoms with Crippen LogP contribution in [-0.2, 0) is 26.2 Å². The smallest absolute Gasteiger partial charge is 0.264 e. The second-order valence-electron chi connectivity index (χ2n) is 11.1. The number of benzene rings is 3. The fraction of sp³-hybridized carbons (Fsp3) is 0.394. The van der Waals surface area contributed by atoms with Gasteiger partial charge >= 0.3 is 0 Å². The summed E-state index contributed by atoms with van der Waals surface area (Å²) in [7, 11) is -2.56. The lowest BCUT2D eigenvalue weighted by Crippen LogP contribution is -2.52. The Labute approximate surface area is 250 Å². The molecule has 226 valence electrons. The largest absolute Gasteiger partial charge is 0.497 e. The Hall–Kier alpha value is -3.85. The molecular formula is C33H43N3O5S. The van der Waals surface area contributed by atoms with Crippen LogP contribution in [-0.4, -0.2) is 51.4 Å². The number of sulfonamides is 1. The zero-order chi connectivity index (χ0) is 31.0. The maximum atomic E-state index is 14.2. The van der Waals surface area contributed by atoms with Crippen molar-refractivity contribution in [2.24, 2.45) is 5.92 Å². The highest BCUT2D eigenvalue weighted by Crippen LogP contribution is 2.29. The first kappa shape index (κ1) is 32.7. The van der Waals surface area contributed by atoms with E-state index in [1.807, 2.05) is 71.9 Å². The van der Waals surface area contributed by atoms with Gasteiger partial charge in [-0.3, -0.25) is 13.9 Å². The number of anilines is 1. The van der Waals surface area contributed by atoms with Crippen molar-refractivity contribution in [3.8, 4) is 5.75 Å². The number of nitrogens with zero attached hydrogens (tertiary/aromatic N) is 2. The number of carbonyl (C=O) groups excluding carboxylic acids is 2. The van der Waals surface area contributed by atoms with Crippen molar-refractivity contribution in [3.63, 3.8) is 0 Å². The number of hydrogen-bond acceptors (Lipinski definition) is 5. The molecule has 1 N–H and O–H groups in total. The standard InChI is InChI=1S/C33H43N3O5S/c1-8-30(33(38)34-20-23(2)3)35(21-27-10-9-11-28(19-27)41-7)32(37)22-36(31-17-14-25(5)18-26(31)6)42(39,40)29-15-12-24(4)13-16-29/h9-19,23,30H,8,20-22H2,1-7H3,(H,34,38)/t30-/m1/s1. The lowest BCUT2D eigenvalue weighted by molar-refractivity contribution is -0.140. The maximum Gasteiger partial charge on any atom is 0.264 e. The minimum absolute atomic E-state index is 0.0851. The minimum atomic E-state index is -4.13. The summed E-state index contributed by atoms with van der Waals surface area (Å²) in [6.07, 6.45) is 0.355. The fourth-order valence-electron chi connectivity index (χ4n) is 4.75. The molecule has 3 rings (SSSR count). The van der Waals surface area contributed by atoms with E-state index in [9.17, 15) is 18.0 Å². The molecule has 9 heteroatoms. The third kappa shape index (κ3) is 8.12. The highest BCUT2D eigenvalue weighted by atomic mass is 32.2. The zero-order valence-electron chi connectivity index (χ0n) is 25.7. The molecule has 0 aliphatic rings. The van der Waals surface area contributed by atoms with Gasteiger partial charge in [-0.25, -0.2) is 8.42 Å². The van der Waals surface area contributed by atoms with Crippen LogP contribution in [0.1, 0.15) is 49.4 Å². The Morgan fingerprint density at radius 2 is 1.60 bits per heavy atom. The van der Waals surface area contributed by atoms with Crippen molar-refractivity contribution in [2.45, 2.75) is 65.4 Å². The molecule has 0 bridgehead atoms. The number of carbonyl (C=O) groups is 2. The molecule has 0 unspecified atom stereocenters. The predicted molar refractivity (Wildman–Crippen MR) is 167 cm³/mol. The maximum absolute atomic E-state index is 14.2. The van der Waals surface area contributed by atoms with Gasteiger partial charge in [-0.1, -0.05) is 68.3 Å². The Kier molecular flexibility index (Phi) is 11.2. The molecule has 0 spiro atoms. The summed E-state index contributed by atoms with van der Waals surface area (Å²) in [5.41, 5.74) is 3.79. The molecule has 0 saturated heterocycles. The Morgan fingerprint density at radius 1 is 0.929 bits per heavy atom. The van der Waals surface area contributed by atoms with Gasteiger partial charge in [0.1, 0.15) is 18.3 Å². The van der Waals surface area contributed by atoms with Crippen LogP contribution >= 0.6 is 0 Å². The van der Waals surface area contributed by atoms with Crippen LogP contribution in [0.5, 0.6) is 5.75 Å². The Balaban J connectivity index is 2.09. The molecule has 2 amide bonds. The molecule has 3 aromatic carbocycles. The van der Waals surface area contributed by atoms with Gasteiger partial charge in [-0.05, 0) is 74.6 Å². The molecule has 3 aromatic rings. The van der Waals surface area contributed by atoms with E-state index < -0.39 is 28.5 Å². The minimum Gasteiger partial charge on any atom is -0.497 e. The van der Waals surface area contributed by atoms with E-state index in [0.717, 1.165) is 26.6 Å². The third-order valence-electron chi connectivity index (χ3n) is 7.07. The SMILES string of the molecule is CC[C@H](C(=O)NCC(C)C)N(Cc1cccc(OC)c1)C(=O)CN(c1ccc(C)cc1C)S(=O)(=O)c1ccc(C)cc1. The molecule has 1 atom stereocenters. The van der Waals surface area contributed by atoms with Gasteiger partial charge in [-0.15, -0.1) is 0 Å². The van der Waals surface area contributed by atoms with Crippen LogP contribution in [0.3, 0.4) is 0 Å². The highest BCUT2D eigenvalue weighted by molar-refractivity contribution is 7.92. The predicted octanol–water partition coefficient (Wildman–Crippen LogP) is 5.40. The van der Waals surface area contributed by atoms with Crippen LogP contribution in [0.4, 0.5) is 5.69 Å². The molecule has 8 nitrogen and oxygen atoms in total. The topological polar surface area (TPSA) is 96.0 Å². The average molecular weight is 594 g/mol. The van der Waals surface area contributed by atoms with Crippen LogP contribution in [0, 0.1) is 26.7 Å². The van der Waals surface area contributed by atoms with E-state index in [1.54, 1.807) is 43.5 Å². The fourth-order valence-corrected chi connectivity index (χ4v) is 6.22. The number of nitrogens with one attached hydrogen (secondary N) is 1. The summed E-state index contributed by atoms with van der Waals surface area (Å²) in [6, 6.07) is 18.5. The molecule has 0 saturated carbocycles. The van der Waals surface area contributed by atoms with E-state index >= 15 is 0 Å². The van der Waals surface area contributed by atoms with Gasteiger partial charge in [0.05, 0.1) is 17.7 Å². The van der Waals surface area contributed by atoms with E-state index in [2.05, 4.69) is 5.32 Å². The van der Waals surface area contributed by atoms with E-state index in [0.29, 0.717) is 24.4 Å². The number of rotatable bonds is 13. The summed E-state index contributed by atoms with van der Waals surface area (Å²) in [4.78, 5) is 29.2. The number of methoxy groups -OCH3 is 1. The number of hydrogen-bond donors (Lipinski definition) is 1. The highest BCUT2D eigenvalue weighted by Gasteiger charge is 2.34. The van der Waals surface area contributed by atoms with Crippen LogP contribution in [0.2, 0.25) is 0 Å². The average Bonchev–Trinajstić information content (AvgIpc) is 2.95. The first-order valence-electron chi connectivity index (χ1n) is 14.2. The monoisotopic (exact) mass is 593 g/mol. The first-order chi connectivity index (χ1) is 19.9. The van der Waals surface area contributed by atoms with Gasteiger partial charge < -0.3 is 15.0 Å². The second-order valence-corrected chi connectivity index (χ2v) is 12.9. The molecular weight excluding hydrogens is 550 g/mol. The molecule has 0 heterocycles. The second kappa shape index (κ2) is 14.4. The Morgan fingerprint density at radius 3 is 2.19 bits per heavy atom. The van der Waals surface area contributed by atoms with Crippen molar-refractivity contribution in [2.75, 3.05) is 24.5 Å². The molecule has 0 fully saturated rings. The van der Waals surface area contributed by atoms with Crippen LogP contribution in [0.15, 0.2) is 71.6 Å². The summed E-state index contributed by atoms with van der Waals surface area (Å²) in [5, 5.41) is 2.95. The third-order valence-corrected chi connectivity index (χ3v) is 8.84. The summed E-state index contributed by atoms with van der Waals surface area (Å²) >= 11 is 0. The molecule has 0 radical (unpaired) electrons. The van der Waals surface area contributed by atoms with Gasteiger partial charge in [0.15, 0.2) is 0 Å². The zero-order valence-corrected chi connectivity index (χ0v) is 26.5. The van der Waals surface area contributed by atoms with Crippen LogP contribution in [0.25, 0.3) is 0 Å². The van der Waals surface area contributed by atoms with Crippen molar-refractivity contribution in [3.05, 3.63) is 89.0 Å². The lowest BCUT2D eigenvalue weighted by Gasteiger charge is -2.33. The quantitative estimate of drug-likeness (QED) is 0.287. The van der Waals surface area contributed by atoms with E-state index in [4.69, 9.17) is 4.74 Å². The van der Waals surface area contributed by atoms with Crippen molar-refractivity contribution < 1.29 is 22.7 Å². The summed E-state index contributed by atoms with van der Waals surface area (Å²) < 4.78 is 34.7. The summed E-state index contributed by atoms with van der Waals surface area (Å²) in [5.74, 6) is 0.0895. The number of aryl methyl sites for hydroxylation is 3. The van der Waals surface area contributed by atoms with Crippen molar-refractivity contribution >= 4 is 27.5 Å². The molecule has 0 aromatic heterocycles. The van der Waals surface area contributed by atoms with Gasteiger partial charge in [0, 0.05) is 13.1 Å². The number of ether oxygens (including phenoxy) is 1. The van der Waals surface area contributed by atoms with Crippen molar-refractivity contribution in [1.82, 2.24) is 10.2 Å². The normalized spacial score (nSPS) is 12.1. The van der Waals surface area contributed by atoms with E-state index in [1.165, 1.54) is 4.90 Å². The van der Waals surface area contributed by atoms with Crippen LogP contribution < -0.4 is 14.4 Å². The van der Waals surface area contributed by atoms with E-state index in [-0.39, 0.29) is 23.3 Å². The molecule has 0 aliphatic carbocycles. The first-order valence-corrected chi connectivity index (χ1v) is 15.7. The Bertz CT molecular complexity index is 1490.